The van der Waals surface area contributed by atoms with Crippen molar-refractivity contribution in [1.82, 2.24) is 10.3 Å². The molecule has 2 aromatic carbocycles. The van der Waals surface area contributed by atoms with Crippen molar-refractivity contribution in [2.75, 3.05) is 41.7 Å². The molecule has 0 aliphatic carbocycles. The van der Waals surface area contributed by atoms with Crippen molar-refractivity contribution in [2.45, 2.75) is 0 Å². The van der Waals surface area contributed by atoms with Crippen molar-refractivity contribution < 1.29 is 9.59 Å². The molecule has 148 valence electrons. The molecular weight excluding hydrogens is 386 g/mol. The first kappa shape index (κ1) is 19.1. The van der Waals surface area contributed by atoms with Gasteiger partial charge in [0.05, 0.1) is 5.51 Å². The van der Waals surface area contributed by atoms with E-state index in [-0.39, 0.29) is 17.5 Å². The average Bonchev–Trinajstić information content (AvgIpc) is 3.24. The van der Waals surface area contributed by atoms with Crippen molar-refractivity contribution in [2.24, 2.45) is 0 Å². The van der Waals surface area contributed by atoms with Crippen molar-refractivity contribution >= 4 is 39.5 Å². The van der Waals surface area contributed by atoms with Gasteiger partial charge < -0.3 is 20.9 Å². The number of nitrogens with zero attached hydrogens (tertiary/aromatic N) is 2. The van der Waals surface area contributed by atoms with E-state index in [0.717, 1.165) is 31.9 Å². The van der Waals surface area contributed by atoms with Gasteiger partial charge in [-0.2, -0.15) is 0 Å². The summed E-state index contributed by atoms with van der Waals surface area (Å²) in [6, 6.07) is 16.6. The van der Waals surface area contributed by atoms with E-state index in [9.17, 15) is 9.59 Å². The van der Waals surface area contributed by atoms with Gasteiger partial charge in [0.25, 0.3) is 11.8 Å². The van der Waals surface area contributed by atoms with Gasteiger partial charge in [-0.3, -0.25) is 9.59 Å². The molecule has 0 bridgehead atoms. The molecule has 1 aromatic heterocycles. The van der Waals surface area contributed by atoms with Crippen LogP contribution in [0.3, 0.4) is 0 Å². The predicted octanol–water partition coefficient (Wildman–Crippen LogP) is 3.06. The van der Waals surface area contributed by atoms with Crippen molar-refractivity contribution in [3.05, 3.63) is 71.4 Å². The Morgan fingerprint density at radius 2 is 1.66 bits per heavy atom. The normalized spacial score (nSPS) is 13.7. The number of amides is 2. The number of thiazole rings is 1. The zero-order chi connectivity index (χ0) is 20.1. The van der Waals surface area contributed by atoms with Crippen molar-refractivity contribution in [3.8, 4) is 0 Å². The lowest BCUT2D eigenvalue weighted by molar-refractivity contribution is 0.102. The summed E-state index contributed by atoms with van der Waals surface area (Å²) in [7, 11) is 0. The third-order valence-electron chi connectivity index (χ3n) is 4.65. The predicted molar refractivity (Wildman–Crippen MR) is 116 cm³/mol. The number of hydrogen-bond donors (Lipinski definition) is 3. The minimum absolute atomic E-state index is 0.200. The first-order valence-electron chi connectivity index (χ1n) is 9.38. The molecule has 4 rings (SSSR count). The molecule has 0 atom stereocenters. The number of anilines is 3. The molecular formula is C21H21N5O2S. The standard InChI is InChI=1S/C21H21N5O2S/c27-19(15-4-2-1-3-5-15)25-21-18(23-14-29-21)20(28)24-16-6-8-17(9-7-16)26-12-10-22-11-13-26/h1-9,14,22H,10-13H2,(H,24,28)(H,25,27). The van der Waals surface area contributed by atoms with Crippen LogP contribution in [0.2, 0.25) is 0 Å². The van der Waals surface area contributed by atoms with Crippen LogP contribution in [-0.2, 0) is 0 Å². The van der Waals surface area contributed by atoms with E-state index in [1.54, 1.807) is 29.8 Å². The molecule has 0 radical (unpaired) electrons. The molecule has 7 nitrogen and oxygen atoms in total. The lowest BCUT2D eigenvalue weighted by Gasteiger charge is -2.29. The maximum absolute atomic E-state index is 12.7. The van der Waals surface area contributed by atoms with Crippen molar-refractivity contribution in [3.63, 3.8) is 0 Å². The first-order chi connectivity index (χ1) is 14.2. The number of benzene rings is 2. The van der Waals surface area contributed by atoms with Crippen LogP contribution in [0.1, 0.15) is 20.8 Å². The Balaban J connectivity index is 1.41. The molecule has 8 heteroatoms. The Labute approximate surface area is 172 Å². The summed E-state index contributed by atoms with van der Waals surface area (Å²) in [6.07, 6.45) is 0. The van der Waals surface area contributed by atoms with Crippen LogP contribution in [0, 0.1) is 0 Å². The van der Waals surface area contributed by atoms with Crippen LogP contribution in [0.5, 0.6) is 0 Å². The largest absolute Gasteiger partial charge is 0.369 e. The van der Waals surface area contributed by atoms with E-state index in [1.165, 1.54) is 11.3 Å². The summed E-state index contributed by atoms with van der Waals surface area (Å²) < 4.78 is 0. The van der Waals surface area contributed by atoms with Gasteiger partial charge >= 0.3 is 0 Å². The Kier molecular flexibility index (Phi) is 5.83. The fourth-order valence-corrected chi connectivity index (χ4v) is 3.80. The van der Waals surface area contributed by atoms with Crippen LogP contribution >= 0.6 is 11.3 Å². The molecule has 1 fully saturated rings. The molecule has 0 unspecified atom stereocenters. The lowest BCUT2D eigenvalue weighted by atomic mass is 10.2. The Bertz CT molecular complexity index is 982. The van der Waals surface area contributed by atoms with Gasteiger partial charge in [-0.05, 0) is 36.4 Å². The zero-order valence-electron chi connectivity index (χ0n) is 15.7. The number of carbonyl (C=O) groups excluding carboxylic acids is 2. The van der Waals surface area contributed by atoms with Gasteiger partial charge in [-0.25, -0.2) is 4.98 Å². The van der Waals surface area contributed by atoms with Crippen LogP contribution < -0.4 is 20.9 Å². The number of nitrogens with one attached hydrogen (secondary N) is 3. The van der Waals surface area contributed by atoms with Gasteiger partial charge in [0, 0.05) is 43.1 Å². The van der Waals surface area contributed by atoms with Gasteiger partial charge in [-0.1, -0.05) is 18.2 Å². The quantitative estimate of drug-likeness (QED) is 0.605. The fraction of sp³-hybridized carbons (Fsp3) is 0.190. The second kappa shape index (κ2) is 8.85. The van der Waals surface area contributed by atoms with Crippen LogP contribution in [-0.4, -0.2) is 43.0 Å². The Hall–Kier alpha value is -3.23. The highest BCUT2D eigenvalue weighted by Gasteiger charge is 2.18. The third-order valence-corrected chi connectivity index (χ3v) is 5.39. The monoisotopic (exact) mass is 407 g/mol. The van der Waals surface area contributed by atoms with Crippen LogP contribution in [0.4, 0.5) is 16.4 Å². The molecule has 0 spiro atoms. The molecule has 1 aliphatic rings. The minimum Gasteiger partial charge on any atom is -0.369 e. The van der Waals surface area contributed by atoms with E-state index < -0.39 is 0 Å². The summed E-state index contributed by atoms with van der Waals surface area (Å²) in [5, 5.41) is 9.38. The van der Waals surface area contributed by atoms with Gasteiger partial charge in [0.15, 0.2) is 5.69 Å². The summed E-state index contributed by atoms with van der Waals surface area (Å²) in [5.41, 5.74) is 4.08. The highest BCUT2D eigenvalue weighted by molar-refractivity contribution is 7.14. The van der Waals surface area contributed by atoms with Gasteiger partial charge in [-0.15, -0.1) is 11.3 Å². The van der Waals surface area contributed by atoms with Gasteiger partial charge in [0.2, 0.25) is 0 Å². The van der Waals surface area contributed by atoms with E-state index in [2.05, 4.69) is 25.8 Å². The summed E-state index contributed by atoms with van der Waals surface area (Å²) in [4.78, 5) is 31.5. The second-order valence-corrected chi connectivity index (χ2v) is 7.44. The third kappa shape index (κ3) is 4.61. The highest BCUT2D eigenvalue weighted by atomic mass is 32.1. The minimum atomic E-state index is -0.357. The molecule has 2 heterocycles. The van der Waals surface area contributed by atoms with Gasteiger partial charge in [0.1, 0.15) is 5.00 Å². The topological polar surface area (TPSA) is 86.4 Å². The second-order valence-electron chi connectivity index (χ2n) is 6.59. The van der Waals surface area contributed by atoms with E-state index >= 15 is 0 Å². The zero-order valence-corrected chi connectivity index (χ0v) is 16.5. The number of piperazine rings is 1. The number of rotatable bonds is 5. The van der Waals surface area contributed by atoms with E-state index in [4.69, 9.17) is 0 Å². The molecule has 2 amide bonds. The number of aromatic nitrogens is 1. The number of hydrogen-bond acceptors (Lipinski definition) is 6. The Morgan fingerprint density at radius 3 is 2.38 bits per heavy atom. The molecule has 3 N–H and O–H groups in total. The Morgan fingerprint density at radius 1 is 0.931 bits per heavy atom. The molecule has 1 aliphatic heterocycles. The summed E-state index contributed by atoms with van der Waals surface area (Å²) >= 11 is 1.22. The number of carbonyl (C=O) groups is 2. The van der Waals surface area contributed by atoms with E-state index in [0.29, 0.717) is 16.3 Å². The van der Waals surface area contributed by atoms with Crippen molar-refractivity contribution in [1.29, 1.82) is 0 Å². The summed E-state index contributed by atoms with van der Waals surface area (Å²) in [6.45, 7) is 3.88. The maximum Gasteiger partial charge on any atom is 0.277 e. The lowest BCUT2D eigenvalue weighted by Crippen LogP contribution is -2.43. The highest BCUT2D eigenvalue weighted by Crippen LogP contribution is 2.23. The average molecular weight is 407 g/mol. The molecule has 3 aromatic rings. The first-order valence-corrected chi connectivity index (χ1v) is 10.3. The van der Waals surface area contributed by atoms with Crippen LogP contribution in [0.25, 0.3) is 0 Å². The molecule has 1 saturated heterocycles. The molecule has 0 saturated carbocycles. The van der Waals surface area contributed by atoms with E-state index in [1.807, 2.05) is 30.3 Å². The fourth-order valence-electron chi connectivity index (χ4n) is 3.13. The maximum atomic E-state index is 12.7. The smallest absolute Gasteiger partial charge is 0.277 e. The molecule has 29 heavy (non-hydrogen) atoms. The van der Waals surface area contributed by atoms with Crippen LogP contribution in [0.15, 0.2) is 60.1 Å². The SMILES string of the molecule is O=C(Nc1scnc1C(=O)Nc1ccc(N2CCNCC2)cc1)c1ccccc1. The summed E-state index contributed by atoms with van der Waals surface area (Å²) in [5.74, 6) is -0.631.